The fraction of sp³-hybridized carbons (Fsp3) is 0.667. The molecule has 0 atom stereocenters. The van der Waals surface area contributed by atoms with Gasteiger partial charge in [0.05, 0.1) is 5.41 Å². The van der Waals surface area contributed by atoms with Gasteiger partial charge in [-0.3, -0.25) is 4.79 Å². The van der Waals surface area contributed by atoms with Crippen molar-refractivity contribution in [3.63, 3.8) is 0 Å². The van der Waals surface area contributed by atoms with Gasteiger partial charge in [0.15, 0.2) is 0 Å². The van der Waals surface area contributed by atoms with E-state index < -0.39 is 5.41 Å². The molecular formula is C15H23N5O2. The summed E-state index contributed by atoms with van der Waals surface area (Å²) in [4.78, 5) is 20.3. The van der Waals surface area contributed by atoms with Gasteiger partial charge in [-0.2, -0.15) is 0 Å². The maximum atomic E-state index is 11.8. The van der Waals surface area contributed by atoms with E-state index in [0.717, 1.165) is 18.3 Å². The molecule has 1 aliphatic carbocycles. The van der Waals surface area contributed by atoms with Gasteiger partial charge in [-0.1, -0.05) is 0 Å². The number of nitrogens with one attached hydrogen (secondary N) is 2. The minimum Gasteiger partial charge on any atom is -0.381 e. The molecule has 4 N–H and O–H groups in total. The molecular weight excluding hydrogens is 282 g/mol. The summed E-state index contributed by atoms with van der Waals surface area (Å²) in [6, 6.07) is 1.87. The van der Waals surface area contributed by atoms with E-state index in [1.165, 1.54) is 19.2 Å². The Morgan fingerprint density at radius 3 is 2.59 bits per heavy atom. The van der Waals surface area contributed by atoms with E-state index in [9.17, 15) is 4.79 Å². The number of hydrogen-bond acceptors (Lipinski definition) is 6. The van der Waals surface area contributed by atoms with Crippen molar-refractivity contribution in [3.05, 3.63) is 12.4 Å². The van der Waals surface area contributed by atoms with Crippen molar-refractivity contribution < 1.29 is 9.53 Å². The maximum absolute atomic E-state index is 11.8. The molecule has 1 aromatic rings. The highest BCUT2D eigenvalue weighted by Crippen LogP contribution is 2.31. The second-order valence-electron chi connectivity index (χ2n) is 6.22. The number of nitrogens with two attached hydrogens (primary N) is 1. The Labute approximate surface area is 130 Å². The third-order valence-electron chi connectivity index (χ3n) is 4.52. The van der Waals surface area contributed by atoms with Gasteiger partial charge in [0.1, 0.15) is 18.0 Å². The largest absolute Gasteiger partial charge is 0.381 e. The molecule has 120 valence electrons. The number of hydrogen-bond donors (Lipinski definition) is 3. The van der Waals surface area contributed by atoms with Crippen LogP contribution in [0.4, 0.5) is 11.6 Å². The Morgan fingerprint density at radius 1 is 1.27 bits per heavy atom. The molecule has 1 aromatic heterocycles. The molecule has 0 unspecified atom stereocenters. The molecule has 22 heavy (non-hydrogen) atoms. The van der Waals surface area contributed by atoms with Crippen LogP contribution < -0.4 is 16.4 Å². The van der Waals surface area contributed by atoms with Crippen molar-refractivity contribution in [2.24, 2.45) is 17.1 Å². The lowest BCUT2D eigenvalue weighted by atomic mass is 9.79. The van der Waals surface area contributed by atoms with E-state index in [-0.39, 0.29) is 5.91 Å². The number of nitrogens with zero attached hydrogens (tertiary/aromatic N) is 2. The molecule has 1 saturated carbocycles. The summed E-state index contributed by atoms with van der Waals surface area (Å²) in [5.41, 5.74) is 5.05. The van der Waals surface area contributed by atoms with Crippen LogP contribution in [0.1, 0.15) is 25.7 Å². The maximum Gasteiger partial charge on any atom is 0.225 e. The van der Waals surface area contributed by atoms with Crippen LogP contribution in [-0.4, -0.2) is 42.2 Å². The average molecular weight is 305 g/mol. The molecule has 0 bridgehead atoms. The zero-order valence-corrected chi connectivity index (χ0v) is 12.7. The average Bonchev–Trinajstić information content (AvgIpc) is 3.36. The molecule has 1 amide bonds. The third kappa shape index (κ3) is 3.65. The number of aromatic nitrogens is 2. The number of rotatable bonds is 7. The highest BCUT2D eigenvalue weighted by molar-refractivity contribution is 5.81. The summed E-state index contributed by atoms with van der Waals surface area (Å²) in [5, 5.41) is 6.55. The first-order valence-electron chi connectivity index (χ1n) is 7.85. The highest BCUT2D eigenvalue weighted by Gasteiger charge is 2.38. The van der Waals surface area contributed by atoms with E-state index >= 15 is 0 Å². The molecule has 2 heterocycles. The fourth-order valence-corrected chi connectivity index (χ4v) is 2.65. The van der Waals surface area contributed by atoms with Crippen molar-refractivity contribution in [3.8, 4) is 0 Å². The lowest BCUT2D eigenvalue weighted by molar-refractivity contribution is -0.132. The second-order valence-corrected chi connectivity index (χ2v) is 6.22. The van der Waals surface area contributed by atoms with E-state index in [1.807, 2.05) is 6.07 Å². The van der Waals surface area contributed by atoms with Crippen LogP contribution in [0.15, 0.2) is 12.4 Å². The minimum absolute atomic E-state index is 0.274. The Morgan fingerprint density at radius 2 is 1.95 bits per heavy atom. The first-order valence-corrected chi connectivity index (χ1v) is 7.85. The van der Waals surface area contributed by atoms with Gasteiger partial charge < -0.3 is 21.1 Å². The number of carbonyl (C=O) groups excluding carboxylic acids is 1. The number of ether oxygens (including phenoxy) is 1. The standard InChI is InChI=1S/C15H23N5O2/c16-14(21)15(3-5-22-6-4-15)9-18-13-7-12(19-10-20-13)17-8-11-1-2-11/h7,10-11H,1-6,8-9H2,(H2,16,21)(H2,17,18,19,20). The van der Waals surface area contributed by atoms with Crippen LogP contribution in [0, 0.1) is 11.3 Å². The Hall–Kier alpha value is -1.89. The summed E-state index contributed by atoms with van der Waals surface area (Å²) in [5.74, 6) is 2.03. The molecule has 0 aromatic carbocycles. The van der Waals surface area contributed by atoms with Crippen LogP contribution in [0.2, 0.25) is 0 Å². The molecule has 7 nitrogen and oxygen atoms in total. The molecule has 2 fully saturated rings. The summed E-state index contributed by atoms with van der Waals surface area (Å²) < 4.78 is 5.34. The smallest absolute Gasteiger partial charge is 0.225 e. The Kier molecular flexibility index (Phi) is 4.42. The summed E-state index contributed by atoms with van der Waals surface area (Å²) in [6.45, 7) is 2.58. The van der Waals surface area contributed by atoms with Gasteiger partial charge in [-0.05, 0) is 31.6 Å². The van der Waals surface area contributed by atoms with E-state index in [4.69, 9.17) is 10.5 Å². The van der Waals surface area contributed by atoms with Crippen molar-refractivity contribution in [2.75, 3.05) is 36.9 Å². The predicted octanol–water partition coefficient (Wildman–Crippen LogP) is 0.992. The number of primary amides is 1. The molecule has 7 heteroatoms. The molecule has 2 aliphatic rings. The van der Waals surface area contributed by atoms with Crippen LogP contribution in [0.25, 0.3) is 0 Å². The van der Waals surface area contributed by atoms with Crippen molar-refractivity contribution in [1.82, 2.24) is 9.97 Å². The topological polar surface area (TPSA) is 102 Å². The monoisotopic (exact) mass is 305 g/mol. The first-order chi connectivity index (χ1) is 10.7. The molecule has 1 aliphatic heterocycles. The van der Waals surface area contributed by atoms with Crippen LogP contribution >= 0.6 is 0 Å². The normalized spacial score (nSPS) is 20.4. The van der Waals surface area contributed by atoms with Gasteiger partial charge >= 0.3 is 0 Å². The van der Waals surface area contributed by atoms with Crippen molar-refractivity contribution >= 4 is 17.5 Å². The third-order valence-corrected chi connectivity index (χ3v) is 4.52. The van der Waals surface area contributed by atoms with Crippen LogP contribution in [0.3, 0.4) is 0 Å². The predicted molar refractivity (Wildman–Crippen MR) is 83.4 cm³/mol. The number of anilines is 2. The van der Waals surface area contributed by atoms with Crippen molar-refractivity contribution in [2.45, 2.75) is 25.7 Å². The minimum atomic E-state index is -0.551. The second kappa shape index (κ2) is 6.48. The van der Waals surface area contributed by atoms with Gasteiger partial charge in [-0.15, -0.1) is 0 Å². The fourth-order valence-electron chi connectivity index (χ4n) is 2.65. The number of carbonyl (C=O) groups is 1. The van der Waals surface area contributed by atoms with Gasteiger partial charge in [0.2, 0.25) is 5.91 Å². The quantitative estimate of drug-likeness (QED) is 0.694. The van der Waals surface area contributed by atoms with Gasteiger partial charge in [0, 0.05) is 32.4 Å². The summed E-state index contributed by atoms with van der Waals surface area (Å²) in [7, 11) is 0. The zero-order chi connectivity index (χ0) is 15.4. The van der Waals surface area contributed by atoms with Crippen molar-refractivity contribution in [1.29, 1.82) is 0 Å². The highest BCUT2D eigenvalue weighted by atomic mass is 16.5. The molecule has 1 saturated heterocycles. The van der Waals surface area contributed by atoms with E-state index in [0.29, 0.717) is 38.4 Å². The van der Waals surface area contributed by atoms with Crippen LogP contribution in [-0.2, 0) is 9.53 Å². The Bertz CT molecular complexity index is 526. The van der Waals surface area contributed by atoms with Crippen LogP contribution in [0.5, 0.6) is 0 Å². The SMILES string of the molecule is NC(=O)C1(CNc2cc(NCC3CC3)ncn2)CCOCC1. The Balaban J connectivity index is 1.59. The zero-order valence-electron chi connectivity index (χ0n) is 12.7. The lowest BCUT2D eigenvalue weighted by Crippen LogP contribution is -2.46. The molecule has 0 spiro atoms. The molecule has 3 rings (SSSR count). The van der Waals surface area contributed by atoms with E-state index in [1.54, 1.807) is 0 Å². The van der Waals surface area contributed by atoms with E-state index in [2.05, 4.69) is 20.6 Å². The number of amides is 1. The lowest BCUT2D eigenvalue weighted by Gasteiger charge is -2.34. The molecule has 0 radical (unpaired) electrons. The first kappa shape index (κ1) is 15.0. The summed E-state index contributed by atoms with van der Waals surface area (Å²) in [6.07, 6.45) is 5.41. The van der Waals surface area contributed by atoms with Gasteiger partial charge in [-0.25, -0.2) is 9.97 Å². The van der Waals surface area contributed by atoms with Gasteiger partial charge in [0.25, 0.3) is 0 Å². The summed E-state index contributed by atoms with van der Waals surface area (Å²) >= 11 is 0.